The molecule has 1 aromatic carbocycles. The zero-order valence-corrected chi connectivity index (χ0v) is 8.87. The lowest BCUT2D eigenvalue weighted by molar-refractivity contribution is 0.506. The van der Waals surface area contributed by atoms with Gasteiger partial charge in [0.2, 0.25) is 0 Å². The van der Waals surface area contributed by atoms with Crippen molar-refractivity contribution in [3.63, 3.8) is 0 Å². The Hall–Kier alpha value is -1.48. The van der Waals surface area contributed by atoms with Crippen LogP contribution in [0.15, 0.2) is 62.8 Å². The first-order valence-electron chi connectivity index (χ1n) is 4.60. The van der Waals surface area contributed by atoms with Crippen molar-refractivity contribution in [2.45, 2.75) is 10.6 Å². The van der Waals surface area contributed by atoms with Crippen LogP contribution in [-0.4, -0.2) is 0 Å². The summed E-state index contributed by atoms with van der Waals surface area (Å²) >= 11 is 1.63. The van der Waals surface area contributed by atoms with Gasteiger partial charge in [-0.25, -0.2) is 4.79 Å². The first-order valence-corrected chi connectivity index (χ1v) is 5.59. The molecule has 0 aliphatic carbocycles. The predicted molar refractivity (Wildman–Crippen MR) is 61.0 cm³/mol. The van der Waals surface area contributed by atoms with Crippen molar-refractivity contribution >= 4 is 11.8 Å². The second-order valence-electron chi connectivity index (χ2n) is 3.06. The van der Waals surface area contributed by atoms with E-state index in [1.165, 1.54) is 17.9 Å². The Morgan fingerprint density at radius 2 is 1.93 bits per heavy atom. The normalized spacial score (nSPS) is 10.1. The maximum Gasteiger partial charge on any atom is 0.336 e. The van der Waals surface area contributed by atoms with Crippen LogP contribution >= 0.6 is 11.8 Å². The van der Waals surface area contributed by atoms with Gasteiger partial charge in [0.15, 0.2) is 0 Å². The Morgan fingerprint density at radius 1 is 1.13 bits per heavy atom. The maximum absolute atomic E-state index is 10.9. The summed E-state index contributed by atoms with van der Waals surface area (Å²) in [5, 5.41) is 0. The van der Waals surface area contributed by atoms with Gasteiger partial charge >= 0.3 is 5.63 Å². The molecule has 0 fully saturated rings. The summed E-state index contributed by atoms with van der Waals surface area (Å²) in [5.41, 5.74) is 0.948. The summed E-state index contributed by atoms with van der Waals surface area (Å²) in [6.45, 7) is 0. The Bertz CT molecular complexity index is 476. The van der Waals surface area contributed by atoms with E-state index in [4.69, 9.17) is 0 Å². The number of hydrogen-bond donors (Lipinski definition) is 0. The van der Waals surface area contributed by atoms with Gasteiger partial charge in [0.05, 0.1) is 6.26 Å². The SMILES string of the molecule is O=c1cc(SCc2ccccc2)cco1. The van der Waals surface area contributed by atoms with E-state index in [1.807, 2.05) is 18.2 Å². The largest absolute Gasteiger partial charge is 0.431 e. The highest BCUT2D eigenvalue weighted by molar-refractivity contribution is 7.98. The third kappa shape index (κ3) is 2.99. The minimum Gasteiger partial charge on any atom is -0.431 e. The van der Waals surface area contributed by atoms with E-state index in [-0.39, 0.29) is 5.63 Å². The molecule has 0 N–H and O–H groups in total. The lowest BCUT2D eigenvalue weighted by Crippen LogP contribution is -1.94. The van der Waals surface area contributed by atoms with Crippen LogP contribution in [0.4, 0.5) is 0 Å². The molecular formula is C12H10O2S. The smallest absolute Gasteiger partial charge is 0.336 e. The number of hydrogen-bond acceptors (Lipinski definition) is 3. The Morgan fingerprint density at radius 3 is 2.67 bits per heavy atom. The molecule has 15 heavy (non-hydrogen) atoms. The second-order valence-corrected chi connectivity index (χ2v) is 4.11. The van der Waals surface area contributed by atoms with Crippen molar-refractivity contribution in [3.05, 3.63) is 64.7 Å². The number of thioether (sulfide) groups is 1. The van der Waals surface area contributed by atoms with Crippen LogP contribution < -0.4 is 5.63 Å². The van der Waals surface area contributed by atoms with Crippen LogP contribution in [0.2, 0.25) is 0 Å². The van der Waals surface area contributed by atoms with Gasteiger partial charge in [-0.1, -0.05) is 30.3 Å². The highest BCUT2D eigenvalue weighted by Crippen LogP contribution is 2.20. The zero-order chi connectivity index (χ0) is 10.5. The average Bonchev–Trinajstić information content (AvgIpc) is 2.28. The second kappa shape index (κ2) is 4.84. The van der Waals surface area contributed by atoms with Gasteiger partial charge < -0.3 is 4.42 Å². The monoisotopic (exact) mass is 218 g/mol. The fraction of sp³-hybridized carbons (Fsp3) is 0.0833. The molecule has 0 bridgehead atoms. The summed E-state index contributed by atoms with van der Waals surface area (Å²) in [6, 6.07) is 13.5. The molecule has 0 aliphatic rings. The molecule has 0 saturated carbocycles. The molecule has 0 radical (unpaired) electrons. The van der Waals surface area contributed by atoms with Crippen molar-refractivity contribution in [2.75, 3.05) is 0 Å². The summed E-state index contributed by atoms with van der Waals surface area (Å²) < 4.78 is 4.65. The minimum atomic E-state index is -0.298. The van der Waals surface area contributed by atoms with Crippen LogP contribution in [-0.2, 0) is 5.75 Å². The fourth-order valence-corrected chi connectivity index (χ4v) is 2.05. The van der Waals surface area contributed by atoms with E-state index in [0.717, 1.165) is 10.6 Å². The first kappa shape index (κ1) is 10.1. The van der Waals surface area contributed by atoms with Crippen LogP contribution in [0.25, 0.3) is 0 Å². The van der Waals surface area contributed by atoms with Gasteiger partial charge in [-0.2, -0.15) is 0 Å². The lowest BCUT2D eigenvalue weighted by atomic mass is 10.2. The van der Waals surface area contributed by atoms with E-state index in [0.29, 0.717) is 0 Å². The molecule has 0 amide bonds. The molecular weight excluding hydrogens is 208 g/mol. The molecule has 0 saturated heterocycles. The van der Waals surface area contributed by atoms with Crippen LogP contribution in [0.3, 0.4) is 0 Å². The molecule has 1 aromatic heterocycles. The van der Waals surface area contributed by atoms with Gasteiger partial charge in [-0.15, -0.1) is 11.8 Å². The van der Waals surface area contributed by atoms with Crippen LogP contribution in [0.5, 0.6) is 0 Å². The Balaban J connectivity index is 2.02. The average molecular weight is 218 g/mol. The fourth-order valence-electron chi connectivity index (χ4n) is 1.20. The molecule has 0 unspecified atom stereocenters. The first-order chi connectivity index (χ1) is 7.34. The standard InChI is InChI=1S/C12H10O2S/c13-12-8-11(6-7-14-12)15-9-10-4-2-1-3-5-10/h1-8H,9H2. The van der Waals surface area contributed by atoms with Gasteiger partial charge in [0, 0.05) is 16.7 Å². The van der Waals surface area contributed by atoms with Crippen molar-refractivity contribution in [1.29, 1.82) is 0 Å². The predicted octanol–water partition coefficient (Wildman–Crippen LogP) is 2.93. The van der Waals surface area contributed by atoms with Crippen molar-refractivity contribution < 1.29 is 4.42 Å². The Labute approximate surface area is 91.9 Å². The van der Waals surface area contributed by atoms with Gasteiger partial charge in [0.25, 0.3) is 0 Å². The molecule has 1 heterocycles. The van der Waals surface area contributed by atoms with Gasteiger partial charge in [0.1, 0.15) is 0 Å². The van der Waals surface area contributed by atoms with Crippen LogP contribution in [0, 0.1) is 0 Å². The van der Waals surface area contributed by atoms with E-state index >= 15 is 0 Å². The third-order valence-electron chi connectivity index (χ3n) is 1.92. The summed E-state index contributed by atoms with van der Waals surface area (Å²) in [5.74, 6) is 0.865. The van der Waals surface area contributed by atoms with E-state index in [9.17, 15) is 4.79 Å². The Kier molecular flexibility index (Phi) is 3.25. The molecule has 2 nitrogen and oxygen atoms in total. The van der Waals surface area contributed by atoms with Gasteiger partial charge in [-0.05, 0) is 11.6 Å². The van der Waals surface area contributed by atoms with Crippen molar-refractivity contribution in [3.8, 4) is 0 Å². The quantitative estimate of drug-likeness (QED) is 0.742. The summed E-state index contributed by atoms with van der Waals surface area (Å²) in [4.78, 5) is 11.9. The molecule has 0 spiro atoms. The van der Waals surface area contributed by atoms with Crippen LogP contribution in [0.1, 0.15) is 5.56 Å². The highest BCUT2D eigenvalue weighted by Gasteiger charge is 1.96. The molecule has 0 atom stereocenters. The lowest BCUT2D eigenvalue weighted by Gasteiger charge is -2.00. The van der Waals surface area contributed by atoms with Crippen molar-refractivity contribution in [1.82, 2.24) is 0 Å². The van der Waals surface area contributed by atoms with E-state index in [2.05, 4.69) is 16.5 Å². The highest BCUT2D eigenvalue weighted by atomic mass is 32.2. The third-order valence-corrected chi connectivity index (χ3v) is 2.99. The van der Waals surface area contributed by atoms with Gasteiger partial charge in [-0.3, -0.25) is 0 Å². The zero-order valence-electron chi connectivity index (χ0n) is 8.05. The van der Waals surface area contributed by atoms with E-state index in [1.54, 1.807) is 17.8 Å². The molecule has 2 rings (SSSR count). The molecule has 3 heteroatoms. The topological polar surface area (TPSA) is 30.2 Å². The molecule has 2 aromatic rings. The summed E-state index contributed by atoms with van der Waals surface area (Å²) in [7, 11) is 0. The molecule has 0 aliphatic heterocycles. The maximum atomic E-state index is 10.9. The number of benzene rings is 1. The summed E-state index contributed by atoms with van der Waals surface area (Å²) in [6.07, 6.45) is 1.43. The van der Waals surface area contributed by atoms with Crippen molar-refractivity contribution in [2.24, 2.45) is 0 Å². The molecule has 76 valence electrons. The van der Waals surface area contributed by atoms with E-state index < -0.39 is 0 Å². The minimum absolute atomic E-state index is 0.298. The number of rotatable bonds is 3.